The summed E-state index contributed by atoms with van der Waals surface area (Å²) in [4.78, 5) is 20.6. The van der Waals surface area contributed by atoms with Crippen molar-refractivity contribution in [2.45, 2.75) is 13.5 Å². The van der Waals surface area contributed by atoms with E-state index in [1.54, 1.807) is 6.26 Å². The fourth-order valence-electron chi connectivity index (χ4n) is 2.08. The summed E-state index contributed by atoms with van der Waals surface area (Å²) in [7, 11) is 0. The number of carbonyl (C=O) groups excluding carboxylic acids is 1. The highest BCUT2D eigenvalue weighted by Gasteiger charge is 2.10. The molecule has 0 spiro atoms. The molecule has 0 bridgehead atoms. The number of furan rings is 1. The van der Waals surface area contributed by atoms with Gasteiger partial charge < -0.3 is 15.1 Å². The zero-order chi connectivity index (χ0) is 16.9. The van der Waals surface area contributed by atoms with Crippen molar-refractivity contribution in [2.75, 3.05) is 10.6 Å². The molecule has 0 saturated carbocycles. The smallest absolute Gasteiger partial charge is 0.275 e. The predicted octanol–water partition coefficient (Wildman–Crippen LogP) is 4.00. The first-order valence-electron chi connectivity index (χ1n) is 7.27. The highest BCUT2D eigenvalue weighted by atomic mass is 79.9. The molecule has 1 amide bonds. The average Bonchev–Trinajstić information content (AvgIpc) is 3.09. The largest absolute Gasteiger partial charge is 0.467 e. The van der Waals surface area contributed by atoms with Crippen LogP contribution in [0.1, 0.15) is 21.8 Å². The molecule has 2 aromatic heterocycles. The molecular weight excluding hydrogens is 372 g/mol. The summed E-state index contributed by atoms with van der Waals surface area (Å²) in [5, 5.41) is 5.90. The molecule has 0 aliphatic rings. The van der Waals surface area contributed by atoms with Gasteiger partial charge in [0, 0.05) is 10.2 Å². The summed E-state index contributed by atoms with van der Waals surface area (Å²) in [6, 6.07) is 9.33. The van der Waals surface area contributed by atoms with Crippen LogP contribution in [0.5, 0.6) is 0 Å². The summed E-state index contributed by atoms with van der Waals surface area (Å²) in [6.07, 6.45) is 4.57. The molecule has 122 valence electrons. The third-order valence-corrected chi connectivity index (χ3v) is 3.84. The van der Waals surface area contributed by atoms with E-state index in [0.29, 0.717) is 12.4 Å². The van der Waals surface area contributed by atoms with Gasteiger partial charge in [-0.3, -0.25) is 4.79 Å². The molecule has 7 heteroatoms. The molecule has 1 aromatic carbocycles. The zero-order valence-corrected chi connectivity index (χ0v) is 14.5. The molecule has 24 heavy (non-hydrogen) atoms. The van der Waals surface area contributed by atoms with Gasteiger partial charge in [0.25, 0.3) is 5.91 Å². The third kappa shape index (κ3) is 3.99. The average molecular weight is 387 g/mol. The summed E-state index contributed by atoms with van der Waals surface area (Å²) >= 11 is 3.40. The Bertz CT molecular complexity index is 832. The third-order valence-electron chi connectivity index (χ3n) is 3.34. The van der Waals surface area contributed by atoms with E-state index >= 15 is 0 Å². The summed E-state index contributed by atoms with van der Waals surface area (Å²) in [5.41, 5.74) is 1.95. The quantitative estimate of drug-likeness (QED) is 0.692. The van der Waals surface area contributed by atoms with E-state index in [-0.39, 0.29) is 11.6 Å². The molecule has 0 fully saturated rings. The Morgan fingerprint density at radius 2 is 2.12 bits per heavy atom. The lowest BCUT2D eigenvalue weighted by molar-refractivity contribution is 0.102. The Kier molecular flexibility index (Phi) is 4.90. The Morgan fingerprint density at radius 3 is 2.79 bits per heavy atom. The summed E-state index contributed by atoms with van der Waals surface area (Å²) < 4.78 is 6.19. The van der Waals surface area contributed by atoms with Crippen molar-refractivity contribution in [2.24, 2.45) is 0 Å². The molecule has 0 atom stereocenters. The van der Waals surface area contributed by atoms with Gasteiger partial charge in [-0.1, -0.05) is 15.9 Å². The van der Waals surface area contributed by atoms with Crippen LogP contribution in [0.3, 0.4) is 0 Å². The fourth-order valence-corrected chi connectivity index (χ4v) is 2.56. The van der Waals surface area contributed by atoms with Gasteiger partial charge in [0.15, 0.2) is 0 Å². The first-order chi connectivity index (χ1) is 11.6. The van der Waals surface area contributed by atoms with Gasteiger partial charge in [-0.15, -0.1) is 0 Å². The second-order valence-electron chi connectivity index (χ2n) is 5.13. The molecular formula is C17H15BrN4O2. The van der Waals surface area contributed by atoms with Gasteiger partial charge in [0.1, 0.15) is 17.3 Å². The molecule has 2 heterocycles. The fraction of sp³-hybridized carbons (Fsp3) is 0.118. The molecule has 0 saturated heterocycles. The van der Waals surface area contributed by atoms with Crippen molar-refractivity contribution in [3.05, 3.63) is 70.5 Å². The van der Waals surface area contributed by atoms with Gasteiger partial charge >= 0.3 is 0 Å². The van der Waals surface area contributed by atoms with E-state index < -0.39 is 0 Å². The molecule has 0 unspecified atom stereocenters. The minimum atomic E-state index is -0.300. The number of benzene rings is 1. The number of halogens is 1. The first-order valence-corrected chi connectivity index (χ1v) is 8.07. The summed E-state index contributed by atoms with van der Waals surface area (Å²) in [6.45, 7) is 2.43. The van der Waals surface area contributed by atoms with Crippen LogP contribution in [0.25, 0.3) is 0 Å². The monoisotopic (exact) mass is 386 g/mol. The molecule has 3 aromatic rings. The number of carbonyl (C=O) groups is 1. The number of aryl methyl sites for hydroxylation is 1. The van der Waals surface area contributed by atoms with Crippen LogP contribution in [-0.4, -0.2) is 15.9 Å². The van der Waals surface area contributed by atoms with Crippen LogP contribution in [-0.2, 0) is 6.54 Å². The number of hydrogen-bond donors (Lipinski definition) is 2. The molecule has 0 aliphatic carbocycles. The topological polar surface area (TPSA) is 80.0 Å². The van der Waals surface area contributed by atoms with Crippen molar-refractivity contribution >= 4 is 33.3 Å². The second kappa shape index (κ2) is 7.27. The lowest BCUT2D eigenvalue weighted by Crippen LogP contribution is -2.15. The zero-order valence-electron chi connectivity index (χ0n) is 12.9. The second-order valence-corrected chi connectivity index (χ2v) is 6.05. The molecule has 6 nitrogen and oxygen atoms in total. The van der Waals surface area contributed by atoms with Crippen molar-refractivity contribution in [1.29, 1.82) is 0 Å². The number of amides is 1. The van der Waals surface area contributed by atoms with Crippen LogP contribution >= 0.6 is 15.9 Å². The number of nitrogens with zero attached hydrogens (tertiary/aromatic N) is 2. The Balaban J connectivity index is 1.63. The number of aromatic nitrogens is 2. The van der Waals surface area contributed by atoms with Gasteiger partial charge in [0.05, 0.1) is 25.2 Å². The number of rotatable bonds is 5. The van der Waals surface area contributed by atoms with E-state index in [9.17, 15) is 4.79 Å². The number of nitrogens with one attached hydrogen (secondary N) is 2. The standard InChI is InChI=1S/C17H15BrN4O2/c1-11-7-12(18)4-5-14(11)22-17(23)15-9-21-16(10-19-15)20-8-13-3-2-6-24-13/h2-7,9-10H,8H2,1H3,(H,20,21)(H,22,23). The maximum Gasteiger partial charge on any atom is 0.275 e. The van der Waals surface area contributed by atoms with Crippen molar-refractivity contribution in [3.63, 3.8) is 0 Å². The minimum Gasteiger partial charge on any atom is -0.467 e. The van der Waals surface area contributed by atoms with E-state index in [4.69, 9.17) is 4.42 Å². The van der Waals surface area contributed by atoms with Crippen LogP contribution in [0, 0.1) is 6.92 Å². The van der Waals surface area contributed by atoms with Crippen LogP contribution in [0.4, 0.5) is 11.5 Å². The lowest BCUT2D eigenvalue weighted by atomic mass is 10.2. The van der Waals surface area contributed by atoms with E-state index in [1.807, 2.05) is 37.3 Å². The highest BCUT2D eigenvalue weighted by Crippen LogP contribution is 2.20. The number of hydrogen-bond acceptors (Lipinski definition) is 5. The normalized spacial score (nSPS) is 10.4. The van der Waals surface area contributed by atoms with Crippen molar-refractivity contribution < 1.29 is 9.21 Å². The Hall–Kier alpha value is -2.67. The molecule has 0 radical (unpaired) electrons. The van der Waals surface area contributed by atoms with Crippen LogP contribution < -0.4 is 10.6 Å². The van der Waals surface area contributed by atoms with Gasteiger partial charge in [-0.05, 0) is 42.8 Å². The van der Waals surface area contributed by atoms with Gasteiger partial charge in [-0.25, -0.2) is 9.97 Å². The van der Waals surface area contributed by atoms with E-state index in [1.165, 1.54) is 12.4 Å². The van der Waals surface area contributed by atoms with Crippen molar-refractivity contribution in [1.82, 2.24) is 9.97 Å². The van der Waals surface area contributed by atoms with Crippen LogP contribution in [0.15, 0.2) is 57.9 Å². The number of anilines is 2. The summed E-state index contributed by atoms with van der Waals surface area (Å²) in [5.74, 6) is 1.07. The Labute approximate surface area is 147 Å². The SMILES string of the molecule is Cc1cc(Br)ccc1NC(=O)c1cnc(NCc2ccco2)cn1. The predicted molar refractivity (Wildman–Crippen MR) is 94.9 cm³/mol. The maximum atomic E-state index is 12.2. The maximum absolute atomic E-state index is 12.2. The molecule has 0 aliphatic heterocycles. The highest BCUT2D eigenvalue weighted by molar-refractivity contribution is 9.10. The van der Waals surface area contributed by atoms with E-state index in [0.717, 1.165) is 21.5 Å². The van der Waals surface area contributed by atoms with Crippen LogP contribution in [0.2, 0.25) is 0 Å². The lowest BCUT2D eigenvalue weighted by Gasteiger charge is -2.09. The molecule has 3 rings (SSSR count). The minimum absolute atomic E-state index is 0.251. The van der Waals surface area contributed by atoms with Gasteiger partial charge in [-0.2, -0.15) is 0 Å². The Morgan fingerprint density at radius 1 is 1.25 bits per heavy atom. The first kappa shape index (κ1) is 16.2. The van der Waals surface area contributed by atoms with E-state index in [2.05, 4.69) is 36.5 Å². The van der Waals surface area contributed by atoms with Gasteiger partial charge in [0.2, 0.25) is 0 Å². The molecule has 2 N–H and O–H groups in total. The van der Waals surface area contributed by atoms with Crippen molar-refractivity contribution in [3.8, 4) is 0 Å².